The molecule has 1 N–H and O–H groups in total. The molecule has 36 heavy (non-hydrogen) atoms. The minimum Gasteiger partial charge on any atom is -0.481 e. The van der Waals surface area contributed by atoms with Crippen molar-refractivity contribution in [2.75, 3.05) is 0 Å². The molecule has 4 rings (SSSR count). The molecule has 0 amide bonds. The Bertz CT molecular complexity index is 1100. The first kappa shape index (κ1) is 28.3. The van der Waals surface area contributed by atoms with Gasteiger partial charge in [-0.25, -0.2) is 8.78 Å². The summed E-state index contributed by atoms with van der Waals surface area (Å²) in [4.78, 5) is 23.0. The van der Waals surface area contributed by atoms with Gasteiger partial charge in [-0.1, -0.05) is 55.4 Å². The molecule has 0 aromatic heterocycles. The highest BCUT2D eigenvalue weighted by Gasteiger charge is 2.43. The molecule has 196 valence electrons. The summed E-state index contributed by atoms with van der Waals surface area (Å²) in [5, 5.41) is 9.04. The highest BCUT2D eigenvalue weighted by molar-refractivity contribution is 6.64. The zero-order chi connectivity index (χ0) is 27.3. The van der Waals surface area contributed by atoms with Gasteiger partial charge in [0.2, 0.25) is 5.24 Å². The van der Waals surface area contributed by atoms with E-state index in [4.69, 9.17) is 11.6 Å². The van der Waals surface area contributed by atoms with Gasteiger partial charge in [-0.15, -0.1) is 0 Å². The summed E-state index contributed by atoms with van der Waals surface area (Å²) in [7, 11) is 0. The Labute approximate surface area is 218 Å². The maximum Gasteiger partial charge on any atom is 0.311 e. The first-order valence-corrected chi connectivity index (χ1v) is 13.0. The van der Waals surface area contributed by atoms with Crippen molar-refractivity contribution in [3.63, 3.8) is 0 Å². The Morgan fingerprint density at radius 3 is 1.50 bits per heavy atom. The zero-order valence-corrected chi connectivity index (χ0v) is 23.2. The second-order valence-electron chi connectivity index (χ2n) is 12.1. The summed E-state index contributed by atoms with van der Waals surface area (Å²) in [6.45, 7) is 16.0. The van der Waals surface area contributed by atoms with Crippen LogP contribution in [0.2, 0.25) is 0 Å². The van der Waals surface area contributed by atoms with Gasteiger partial charge in [-0.2, -0.15) is 0 Å². The van der Waals surface area contributed by atoms with Gasteiger partial charge in [-0.05, 0) is 105 Å². The molecular formula is C30H37ClF2O3. The zero-order valence-electron chi connectivity index (χ0n) is 22.4. The van der Waals surface area contributed by atoms with Gasteiger partial charge in [-0.3, -0.25) is 9.59 Å². The van der Waals surface area contributed by atoms with E-state index in [9.17, 15) is 23.5 Å². The minimum absolute atomic E-state index is 0.130. The number of hydrogen-bond donors (Lipinski definition) is 1. The molecule has 0 saturated carbocycles. The van der Waals surface area contributed by atoms with E-state index in [1.807, 2.05) is 55.4 Å². The van der Waals surface area contributed by atoms with Crippen LogP contribution >= 0.6 is 11.6 Å². The fourth-order valence-electron chi connectivity index (χ4n) is 5.98. The predicted molar refractivity (Wildman–Crippen MR) is 140 cm³/mol. The first-order chi connectivity index (χ1) is 16.5. The fourth-order valence-corrected chi connectivity index (χ4v) is 6.17. The normalized spacial score (nSPS) is 21.1. The Morgan fingerprint density at radius 2 is 1.17 bits per heavy atom. The van der Waals surface area contributed by atoms with E-state index >= 15 is 0 Å². The first-order valence-electron chi connectivity index (χ1n) is 12.6. The molecule has 0 heterocycles. The maximum atomic E-state index is 13.7. The lowest BCUT2D eigenvalue weighted by atomic mass is 9.85. The average Bonchev–Trinajstić information content (AvgIpc) is 3.17. The quantitative estimate of drug-likeness (QED) is 0.414. The SMILES string of the molecule is CC(C)c1cc(F)cc2c1C(C(=O)Cl)CC2(C)C.CC(C)c1cc(F)cc2c1C(C(=O)O)CC2(C)C. The maximum absolute atomic E-state index is 13.7. The van der Waals surface area contributed by atoms with Crippen LogP contribution in [0.25, 0.3) is 0 Å². The molecule has 0 fully saturated rings. The van der Waals surface area contributed by atoms with E-state index in [1.54, 1.807) is 6.07 Å². The monoisotopic (exact) mass is 518 g/mol. The van der Waals surface area contributed by atoms with Crippen molar-refractivity contribution in [1.29, 1.82) is 0 Å². The van der Waals surface area contributed by atoms with Crippen molar-refractivity contribution < 1.29 is 23.5 Å². The van der Waals surface area contributed by atoms with E-state index < -0.39 is 11.9 Å². The molecule has 2 aliphatic rings. The molecule has 0 aliphatic heterocycles. The van der Waals surface area contributed by atoms with Gasteiger partial charge in [0.15, 0.2) is 0 Å². The molecule has 0 spiro atoms. The predicted octanol–water partition coefficient (Wildman–Crippen LogP) is 8.28. The van der Waals surface area contributed by atoms with Crippen molar-refractivity contribution in [3.05, 3.63) is 69.3 Å². The highest BCUT2D eigenvalue weighted by atomic mass is 35.5. The van der Waals surface area contributed by atoms with Crippen LogP contribution in [0.3, 0.4) is 0 Å². The number of carbonyl (C=O) groups is 2. The van der Waals surface area contributed by atoms with Crippen LogP contribution in [-0.4, -0.2) is 16.3 Å². The van der Waals surface area contributed by atoms with Gasteiger partial charge in [0, 0.05) is 0 Å². The molecule has 0 radical (unpaired) electrons. The summed E-state index contributed by atoms with van der Waals surface area (Å²) >= 11 is 5.72. The number of aliphatic carboxylic acids is 1. The van der Waals surface area contributed by atoms with Crippen LogP contribution in [-0.2, 0) is 20.4 Å². The van der Waals surface area contributed by atoms with Crippen LogP contribution < -0.4 is 0 Å². The van der Waals surface area contributed by atoms with E-state index in [-0.39, 0.29) is 45.5 Å². The number of hydrogen-bond acceptors (Lipinski definition) is 2. The third-order valence-electron chi connectivity index (χ3n) is 7.75. The molecule has 0 saturated heterocycles. The molecule has 2 aliphatic carbocycles. The smallest absolute Gasteiger partial charge is 0.311 e. The van der Waals surface area contributed by atoms with E-state index in [0.29, 0.717) is 12.8 Å². The third-order valence-corrected chi connectivity index (χ3v) is 8.02. The van der Waals surface area contributed by atoms with Crippen LogP contribution in [0.5, 0.6) is 0 Å². The standard InChI is InChI=1S/C15H18ClFO.C15H19FO2/c1-8(2)10-5-9(17)6-12-13(10)11(14(16)18)7-15(12,3)4;1-8(2)10-5-9(16)6-12-13(10)11(14(17)18)7-15(12,3)4/h5-6,8,11H,7H2,1-4H3;5-6,8,11H,7H2,1-4H3,(H,17,18). The number of halogens is 3. The van der Waals surface area contributed by atoms with Crippen LogP contribution in [0.4, 0.5) is 8.78 Å². The molecule has 2 aromatic carbocycles. The van der Waals surface area contributed by atoms with Gasteiger partial charge in [0.1, 0.15) is 11.6 Å². The fraction of sp³-hybridized carbons (Fsp3) is 0.533. The van der Waals surface area contributed by atoms with Gasteiger partial charge in [0.25, 0.3) is 0 Å². The van der Waals surface area contributed by atoms with Crippen LogP contribution in [0, 0.1) is 11.6 Å². The second-order valence-corrected chi connectivity index (χ2v) is 12.5. The van der Waals surface area contributed by atoms with Crippen molar-refractivity contribution in [3.8, 4) is 0 Å². The van der Waals surface area contributed by atoms with Gasteiger partial charge < -0.3 is 5.11 Å². The summed E-state index contributed by atoms with van der Waals surface area (Å²) in [6, 6.07) is 6.09. The number of carbonyl (C=O) groups excluding carboxylic acids is 1. The molecule has 6 heteroatoms. The molecule has 2 aromatic rings. The molecule has 2 atom stereocenters. The lowest BCUT2D eigenvalue weighted by Crippen LogP contribution is -2.14. The molecule has 3 nitrogen and oxygen atoms in total. The molecule has 0 bridgehead atoms. The Morgan fingerprint density at radius 1 is 0.806 bits per heavy atom. The number of rotatable bonds is 4. The summed E-state index contributed by atoms with van der Waals surface area (Å²) in [5.74, 6) is -1.80. The van der Waals surface area contributed by atoms with Crippen molar-refractivity contribution in [2.24, 2.45) is 0 Å². The van der Waals surface area contributed by atoms with Crippen LogP contribution in [0.1, 0.15) is 125 Å². The number of carboxylic acid groups (broad SMARTS) is 1. The van der Waals surface area contributed by atoms with E-state index in [1.165, 1.54) is 18.2 Å². The minimum atomic E-state index is -0.810. The van der Waals surface area contributed by atoms with Crippen LogP contribution in [0.15, 0.2) is 24.3 Å². The summed E-state index contributed by atoms with van der Waals surface area (Å²) in [6.07, 6.45) is 1.20. The summed E-state index contributed by atoms with van der Waals surface area (Å²) in [5.41, 5.74) is 4.86. The largest absolute Gasteiger partial charge is 0.481 e. The number of carboxylic acids is 1. The van der Waals surface area contributed by atoms with E-state index in [2.05, 4.69) is 0 Å². The average molecular weight is 519 g/mol. The topological polar surface area (TPSA) is 54.4 Å². The Kier molecular flexibility index (Phi) is 7.77. The van der Waals surface area contributed by atoms with Crippen molar-refractivity contribution >= 4 is 22.8 Å². The lowest BCUT2D eigenvalue weighted by molar-refractivity contribution is -0.139. The Balaban J connectivity index is 0.000000201. The highest BCUT2D eigenvalue weighted by Crippen LogP contribution is 2.50. The van der Waals surface area contributed by atoms with Gasteiger partial charge in [0.05, 0.1) is 11.8 Å². The lowest BCUT2D eigenvalue weighted by Gasteiger charge is -2.20. The second kappa shape index (κ2) is 9.89. The number of fused-ring (bicyclic) bond motifs is 2. The number of benzene rings is 2. The molecular weight excluding hydrogens is 482 g/mol. The third kappa shape index (κ3) is 5.22. The van der Waals surface area contributed by atoms with Gasteiger partial charge >= 0.3 is 5.97 Å². The van der Waals surface area contributed by atoms with Crippen molar-refractivity contribution in [1.82, 2.24) is 0 Å². The Hall–Kier alpha value is -2.27. The van der Waals surface area contributed by atoms with E-state index in [0.717, 1.165) is 33.4 Å². The summed E-state index contributed by atoms with van der Waals surface area (Å²) < 4.78 is 27.4. The van der Waals surface area contributed by atoms with Crippen molar-refractivity contribution in [2.45, 2.75) is 103 Å². The molecule has 2 unspecified atom stereocenters.